The molecule has 0 aliphatic rings. The third-order valence-electron chi connectivity index (χ3n) is 2.37. The molecule has 0 saturated carbocycles. The van der Waals surface area contributed by atoms with Crippen LogP contribution in [0, 0.1) is 0 Å². The van der Waals surface area contributed by atoms with E-state index in [0.717, 1.165) is 0 Å². The lowest BCUT2D eigenvalue weighted by molar-refractivity contribution is -0.121. The molecule has 2 heterocycles. The van der Waals surface area contributed by atoms with E-state index in [4.69, 9.17) is 5.11 Å². The first-order chi connectivity index (χ1) is 8.66. The molecule has 2 aromatic rings. The molecule has 0 saturated heterocycles. The van der Waals surface area contributed by atoms with Gasteiger partial charge in [-0.1, -0.05) is 0 Å². The molecule has 0 radical (unpaired) electrons. The van der Waals surface area contributed by atoms with Gasteiger partial charge in [-0.05, 0) is 12.1 Å². The Morgan fingerprint density at radius 1 is 1.50 bits per heavy atom. The predicted molar refractivity (Wildman–Crippen MR) is 61.8 cm³/mol. The van der Waals surface area contributed by atoms with Gasteiger partial charge in [0.25, 0.3) is 0 Å². The average Bonchev–Trinajstić information content (AvgIpc) is 2.96. The van der Waals surface area contributed by atoms with Crippen LogP contribution < -0.4 is 5.32 Å². The molecule has 2 rings (SSSR count). The van der Waals surface area contributed by atoms with Gasteiger partial charge in [0.2, 0.25) is 5.91 Å². The molecule has 2 aromatic heterocycles. The number of H-pyrrole nitrogens is 1. The molecule has 0 spiro atoms. The van der Waals surface area contributed by atoms with Crippen molar-refractivity contribution in [2.24, 2.45) is 0 Å². The van der Waals surface area contributed by atoms with Gasteiger partial charge in [0.05, 0.1) is 6.54 Å². The SMILES string of the molecule is O=C(Cn1cccc1C(=O)O)NCc1ncc[nH]1. The highest BCUT2D eigenvalue weighted by atomic mass is 16.4. The average molecular weight is 248 g/mol. The van der Waals surface area contributed by atoms with Crippen molar-refractivity contribution in [2.45, 2.75) is 13.1 Å². The van der Waals surface area contributed by atoms with Gasteiger partial charge >= 0.3 is 5.97 Å². The number of rotatable bonds is 5. The predicted octanol–water partition coefficient (Wildman–Crippen LogP) is 0.226. The van der Waals surface area contributed by atoms with Crippen LogP contribution in [-0.4, -0.2) is 31.5 Å². The Bertz CT molecular complexity index is 544. The number of carbonyl (C=O) groups excluding carboxylic acids is 1. The largest absolute Gasteiger partial charge is 0.477 e. The van der Waals surface area contributed by atoms with E-state index in [2.05, 4.69) is 15.3 Å². The molecule has 94 valence electrons. The number of carboxylic acid groups (broad SMARTS) is 1. The van der Waals surface area contributed by atoms with Gasteiger partial charge in [0, 0.05) is 18.6 Å². The molecule has 0 atom stereocenters. The van der Waals surface area contributed by atoms with E-state index in [1.165, 1.54) is 10.6 Å². The van der Waals surface area contributed by atoms with Crippen molar-refractivity contribution < 1.29 is 14.7 Å². The minimum Gasteiger partial charge on any atom is -0.477 e. The summed E-state index contributed by atoms with van der Waals surface area (Å²) in [5.74, 6) is -0.682. The molecule has 0 aromatic carbocycles. The van der Waals surface area contributed by atoms with Crippen LogP contribution in [0.5, 0.6) is 0 Å². The first-order valence-electron chi connectivity index (χ1n) is 5.30. The Hall–Kier alpha value is -2.57. The van der Waals surface area contributed by atoms with Gasteiger partial charge in [-0.15, -0.1) is 0 Å². The summed E-state index contributed by atoms with van der Waals surface area (Å²) in [6.07, 6.45) is 4.81. The number of aromatic amines is 1. The van der Waals surface area contributed by atoms with Crippen LogP contribution >= 0.6 is 0 Å². The summed E-state index contributed by atoms with van der Waals surface area (Å²) in [6, 6.07) is 3.03. The van der Waals surface area contributed by atoms with E-state index in [9.17, 15) is 9.59 Å². The standard InChI is InChI=1S/C11H12N4O3/c16-10(14-6-9-12-3-4-13-9)7-15-5-1-2-8(15)11(17)18/h1-5H,6-7H2,(H,12,13)(H,14,16)(H,17,18). The summed E-state index contributed by atoms with van der Waals surface area (Å²) < 4.78 is 1.37. The van der Waals surface area contributed by atoms with E-state index in [1.54, 1.807) is 24.7 Å². The molecule has 0 unspecified atom stereocenters. The number of nitrogens with zero attached hydrogens (tertiary/aromatic N) is 2. The molecule has 0 aliphatic carbocycles. The second-order valence-electron chi connectivity index (χ2n) is 3.64. The van der Waals surface area contributed by atoms with Gasteiger partial charge in [-0.2, -0.15) is 0 Å². The Labute approximate surface area is 102 Å². The number of aromatic nitrogens is 3. The molecule has 18 heavy (non-hydrogen) atoms. The first-order valence-corrected chi connectivity index (χ1v) is 5.30. The summed E-state index contributed by atoms with van der Waals surface area (Å²) in [5, 5.41) is 11.5. The van der Waals surface area contributed by atoms with Crippen LogP contribution in [-0.2, 0) is 17.9 Å². The monoisotopic (exact) mass is 248 g/mol. The zero-order valence-corrected chi connectivity index (χ0v) is 9.46. The van der Waals surface area contributed by atoms with Crippen molar-refractivity contribution in [1.29, 1.82) is 0 Å². The minimum atomic E-state index is -1.06. The summed E-state index contributed by atoms with van der Waals surface area (Å²) >= 11 is 0. The molecule has 0 aliphatic heterocycles. The molecule has 7 nitrogen and oxygen atoms in total. The van der Waals surface area contributed by atoms with Crippen LogP contribution in [0.1, 0.15) is 16.3 Å². The normalized spacial score (nSPS) is 10.2. The van der Waals surface area contributed by atoms with Crippen LogP contribution in [0.2, 0.25) is 0 Å². The molecule has 1 amide bonds. The maximum Gasteiger partial charge on any atom is 0.352 e. The molecular formula is C11H12N4O3. The number of hydrogen-bond donors (Lipinski definition) is 3. The zero-order chi connectivity index (χ0) is 13.0. The second kappa shape index (κ2) is 5.17. The molecule has 0 fully saturated rings. The van der Waals surface area contributed by atoms with Gasteiger partial charge in [0.1, 0.15) is 18.1 Å². The highest BCUT2D eigenvalue weighted by molar-refractivity contribution is 5.86. The minimum absolute atomic E-state index is 0.0324. The Kier molecular flexibility index (Phi) is 3.42. The fourth-order valence-corrected chi connectivity index (χ4v) is 1.53. The van der Waals surface area contributed by atoms with Crippen molar-refractivity contribution in [3.63, 3.8) is 0 Å². The van der Waals surface area contributed by atoms with Crippen LogP contribution in [0.4, 0.5) is 0 Å². The Balaban J connectivity index is 1.91. The van der Waals surface area contributed by atoms with Crippen molar-refractivity contribution >= 4 is 11.9 Å². The van der Waals surface area contributed by atoms with Gasteiger partial charge in [0.15, 0.2) is 0 Å². The fraction of sp³-hybridized carbons (Fsp3) is 0.182. The second-order valence-corrected chi connectivity index (χ2v) is 3.64. The van der Waals surface area contributed by atoms with Crippen LogP contribution in [0.3, 0.4) is 0 Å². The third kappa shape index (κ3) is 2.76. The number of imidazole rings is 1. The lowest BCUT2D eigenvalue weighted by Gasteiger charge is -2.06. The topological polar surface area (TPSA) is 100 Å². The molecule has 7 heteroatoms. The molecule has 0 bridgehead atoms. The molecule has 3 N–H and O–H groups in total. The van der Waals surface area contributed by atoms with E-state index in [0.29, 0.717) is 5.82 Å². The smallest absolute Gasteiger partial charge is 0.352 e. The maximum absolute atomic E-state index is 11.6. The summed E-state index contributed by atoms with van der Waals surface area (Å²) in [4.78, 5) is 29.3. The van der Waals surface area contributed by atoms with Crippen molar-refractivity contribution in [3.05, 3.63) is 42.2 Å². The highest BCUT2D eigenvalue weighted by Gasteiger charge is 2.11. The van der Waals surface area contributed by atoms with Gasteiger partial charge < -0.3 is 20.0 Å². The fourth-order valence-electron chi connectivity index (χ4n) is 1.53. The summed E-state index contributed by atoms with van der Waals surface area (Å²) in [7, 11) is 0. The number of hydrogen-bond acceptors (Lipinski definition) is 3. The third-order valence-corrected chi connectivity index (χ3v) is 2.37. The lowest BCUT2D eigenvalue weighted by atomic mass is 10.4. The first kappa shape index (κ1) is 11.9. The van der Waals surface area contributed by atoms with E-state index in [-0.39, 0.29) is 24.7 Å². The summed E-state index contributed by atoms with van der Waals surface area (Å²) in [6.45, 7) is 0.255. The number of carboxylic acids is 1. The number of carbonyl (C=O) groups is 2. The van der Waals surface area contributed by atoms with Crippen molar-refractivity contribution in [1.82, 2.24) is 19.9 Å². The zero-order valence-electron chi connectivity index (χ0n) is 9.46. The van der Waals surface area contributed by atoms with Gasteiger partial charge in [-0.3, -0.25) is 4.79 Å². The van der Waals surface area contributed by atoms with Crippen molar-refractivity contribution in [2.75, 3.05) is 0 Å². The quantitative estimate of drug-likeness (QED) is 0.705. The number of nitrogens with one attached hydrogen (secondary N) is 2. The van der Waals surface area contributed by atoms with Gasteiger partial charge in [-0.25, -0.2) is 9.78 Å². The Morgan fingerprint density at radius 2 is 2.33 bits per heavy atom. The van der Waals surface area contributed by atoms with E-state index in [1.807, 2.05) is 0 Å². The van der Waals surface area contributed by atoms with Crippen LogP contribution in [0.15, 0.2) is 30.7 Å². The summed E-state index contributed by atoms with van der Waals surface area (Å²) in [5.41, 5.74) is 0.0862. The molecular weight excluding hydrogens is 236 g/mol. The number of aromatic carboxylic acids is 1. The Morgan fingerprint density at radius 3 is 3.00 bits per heavy atom. The maximum atomic E-state index is 11.6. The highest BCUT2D eigenvalue weighted by Crippen LogP contribution is 2.02. The van der Waals surface area contributed by atoms with E-state index >= 15 is 0 Å². The number of amides is 1. The van der Waals surface area contributed by atoms with Crippen LogP contribution in [0.25, 0.3) is 0 Å². The van der Waals surface area contributed by atoms with E-state index < -0.39 is 5.97 Å². The lowest BCUT2D eigenvalue weighted by Crippen LogP contribution is -2.28. The van der Waals surface area contributed by atoms with Crippen molar-refractivity contribution in [3.8, 4) is 0 Å².